The molecule has 166 valence electrons. The fraction of sp³-hybridized carbons (Fsp3) is 0.280. The number of carbonyl (C=O) groups is 2. The van der Waals surface area contributed by atoms with Gasteiger partial charge in [0.15, 0.2) is 5.82 Å². The summed E-state index contributed by atoms with van der Waals surface area (Å²) in [6.45, 7) is 4.12. The predicted octanol–water partition coefficient (Wildman–Crippen LogP) is 2.47. The second kappa shape index (κ2) is 8.52. The third-order valence-electron chi connectivity index (χ3n) is 6.29. The van der Waals surface area contributed by atoms with Crippen LogP contribution in [0.3, 0.4) is 0 Å². The normalized spacial score (nSPS) is 16.3. The first-order valence-corrected chi connectivity index (χ1v) is 11.0. The molecule has 0 radical (unpaired) electrons. The van der Waals surface area contributed by atoms with Crippen molar-refractivity contribution in [2.75, 3.05) is 25.0 Å². The van der Waals surface area contributed by atoms with Crippen LogP contribution in [0.4, 0.5) is 5.69 Å². The van der Waals surface area contributed by atoms with Crippen molar-refractivity contribution in [1.29, 1.82) is 0 Å². The highest BCUT2D eigenvalue weighted by Gasteiger charge is 2.42. The summed E-state index contributed by atoms with van der Waals surface area (Å²) >= 11 is 0. The minimum Gasteiger partial charge on any atom is -0.356 e. The Bertz CT molecular complexity index is 1290. The number of benzene rings is 1. The highest BCUT2D eigenvalue weighted by atomic mass is 16.2. The maximum Gasteiger partial charge on any atom is 0.300 e. The molecule has 0 atom stereocenters. The van der Waals surface area contributed by atoms with E-state index in [9.17, 15) is 9.59 Å². The number of anilines is 1. The van der Waals surface area contributed by atoms with Gasteiger partial charge >= 0.3 is 0 Å². The van der Waals surface area contributed by atoms with E-state index in [0.29, 0.717) is 29.3 Å². The summed E-state index contributed by atoms with van der Waals surface area (Å²) in [7, 11) is 0. The van der Waals surface area contributed by atoms with Crippen LogP contribution >= 0.6 is 0 Å². The molecule has 2 amide bonds. The molecular weight excluding hydrogens is 416 g/mol. The van der Waals surface area contributed by atoms with Crippen molar-refractivity contribution < 1.29 is 9.59 Å². The number of hydrogen-bond donors (Lipinski definition) is 4. The van der Waals surface area contributed by atoms with Gasteiger partial charge in [0, 0.05) is 35.1 Å². The lowest BCUT2D eigenvalue weighted by Crippen LogP contribution is -2.51. The van der Waals surface area contributed by atoms with Gasteiger partial charge in [0.1, 0.15) is 0 Å². The lowest BCUT2D eigenvalue weighted by atomic mass is 9.73. The quantitative estimate of drug-likeness (QED) is 0.468. The first-order chi connectivity index (χ1) is 16.1. The van der Waals surface area contributed by atoms with Gasteiger partial charge in [0.2, 0.25) is 0 Å². The zero-order chi connectivity index (χ0) is 22.8. The molecule has 0 saturated carbocycles. The Hall–Kier alpha value is -3.96. The van der Waals surface area contributed by atoms with Crippen molar-refractivity contribution in [3.05, 3.63) is 53.9 Å². The third-order valence-corrected chi connectivity index (χ3v) is 6.29. The van der Waals surface area contributed by atoms with E-state index in [1.54, 1.807) is 19.2 Å². The van der Waals surface area contributed by atoms with Crippen molar-refractivity contribution in [3.63, 3.8) is 0 Å². The van der Waals surface area contributed by atoms with Crippen LogP contribution in [0.15, 0.2) is 42.6 Å². The van der Waals surface area contributed by atoms with E-state index in [4.69, 9.17) is 4.98 Å². The molecular formula is C25H24N6O2. The van der Waals surface area contributed by atoms with Gasteiger partial charge < -0.3 is 20.9 Å². The lowest BCUT2D eigenvalue weighted by Gasteiger charge is -2.40. The molecule has 2 aromatic heterocycles. The lowest BCUT2D eigenvalue weighted by molar-refractivity contribution is -0.111. The molecule has 2 aliphatic rings. The molecule has 1 saturated heterocycles. The summed E-state index contributed by atoms with van der Waals surface area (Å²) in [5.74, 6) is 5.15. The van der Waals surface area contributed by atoms with Gasteiger partial charge in [-0.25, -0.2) is 9.97 Å². The average molecular weight is 441 g/mol. The van der Waals surface area contributed by atoms with E-state index in [1.807, 2.05) is 30.3 Å². The van der Waals surface area contributed by atoms with E-state index >= 15 is 0 Å². The number of nitrogens with one attached hydrogen (secondary N) is 4. The molecule has 8 heteroatoms. The van der Waals surface area contributed by atoms with Crippen molar-refractivity contribution in [2.45, 2.75) is 25.2 Å². The van der Waals surface area contributed by atoms with Crippen molar-refractivity contribution in [1.82, 2.24) is 25.6 Å². The number of aromatic nitrogens is 3. The number of amides is 2. The van der Waals surface area contributed by atoms with Gasteiger partial charge in [-0.05, 0) is 63.0 Å². The zero-order valence-corrected chi connectivity index (χ0v) is 18.3. The Kier molecular flexibility index (Phi) is 5.40. The summed E-state index contributed by atoms with van der Waals surface area (Å²) in [4.78, 5) is 37.1. The molecule has 3 aromatic rings. The van der Waals surface area contributed by atoms with Gasteiger partial charge in [-0.2, -0.15) is 0 Å². The summed E-state index contributed by atoms with van der Waals surface area (Å²) in [6.07, 6.45) is 3.64. The molecule has 1 spiro atoms. The Morgan fingerprint density at radius 3 is 2.85 bits per heavy atom. The summed E-state index contributed by atoms with van der Waals surface area (Å²) < 4.78 is 0. The van der Waals surface area contributed by atoms with Crippen LogP contribution < -0.4 is 16.0 Å². The fourth-order valence-corrected chi connectivity index (χ4v) is 4.61. The van der Waals surface area contributed by atoms with Crippen LogP contribution in [0.2, 0.25) is 0 Å². The van der Waals surface area contributed by atoms with Gasteiger partial charge in [-0.3, -0.25) is 9.59 Å². The Morgan fingerprint density at radius 2 is 2.03 bits per heavy atom. The van der Waals surface area contributed by atoms with Crippen molar-refractivity contribution in [3.8, 4) is 34.6 Å². The molecule has 1 fully saturated rings. The molecule has 8 nitrogen and oxygen atoms in total. The standard InChI is InChI=1S/C25H24N6O2/c1-2-4-21(32)29-17-6-3-5-16(13-17)23-27-10-7-19(31-23)20-14-18-22(30-20)25(15-28-24(18)33)8-11-26-12-9-25/h3,5-7,10,13-14,26,30H,8-9,11-12,15H2,1H3,(H,28,33)(H,29,32). The largest absolute Gasteiger partial charge is 0.356 e. The smallest absolute Gasteiger partial charge is 0.300 e. The topological polar surface area (TPSA) is 112 Å². The maximum absolute atomic E-state index is 12.6. The van der Waals surface area contributed by atoms with Crippen LogP contribution in [0.1, 0.15) is 35.8 Å². The average Bonchev–Trinajstić information content (AvgIpc) is 3.30. The van der Waals surface area contributed by atoms with Gasteiger partial charge in [-0.1, -0.05) is 18.1 Å². The molecule has 0 aliphatic carbocycles. The second-order valence-corrected chi connectivity index (χ2v) is 8.36. The van der Waals surface area contributed by atoms with E-state index in [-0.39, 0.29) is 17.2 Å². The number of aromatic amines is 1. The van der Waals surface area contributed by atoms with Gasteiger partial charge in [0.05, 0.1) is 17.0 Å². The second-order valence-electron chi connectivity index (χ2n) is 8.36. The van der Waals surface area contributed by atoms with Crippen LogP contribution in [-0.2, 0) is 10.2 Å². The first-order valence-electron chi connectivity index (χ1n) is 11.0. The minimum atomic E-state index is -0.369. The monoisotopic (exact) mass is 440 g/mol. The highest BCUT2D eigenvalue weighted by Crippen LogP contribution is 2.39. The van der Waals surface area contributed by atoms with Crippen molar-refractivity contribution >= 4 is 17.5 Å². The molecule has 5 rings (SSSR count). The zero-order valence-electron chi connectivity index (χ0n) is 18.3. The first kappa shape index (κ1) is 20.9. The van der Waals surface area contributed by atoms with E-state index in [2.05, 4.69) is 37.8 Å². The van der Waals surface area contributed by atoms with Crippen LogP contribution in [-0.4, -0.2) is 46.4 Å². The number of hydrogen-bond acceptors (Lipinski definition) is 5. The highest BCUT2D eigenvalue weighted by molar-refractivity contribution is 6.04. The predicted molar refractivity (Wildman–Crippen MR) is 125 cm³/mol. The molecule has 4 heterocycles. The molecule has 4 N–H and O–H groups in total. The summed E-state index contributed by atoms with van der Waals surface area (Å²) in [5, 5.41) is 9.22. The van der Waals surface area contributed by atoms with Gasteiger partial charge in [0.25, 0.3) is 11.8 Å². The van der Waals surface area contributed by atoms with E-state index in [0.717, 1.165) is 42.9 Å². The fourth-order valence-electron chi connectivity index (χ4n) is 4.61. The number of nitrogens with zero attached hydrogens (tertiary/aromatic N) is 2. The van der Waals surface area contributed by atoms with E-state index < -0.39 is 0 Å². The van der Waals surface area contributed by atoms with Gasteiger partial charge in [-0.15, -0.1) is 0 Å². The van der Waals surface area contributed by atoms with Crippen LogP contribution in [0.5, 0.6) is 0 Å². The number of carbonyl (C=O) groups excluding carboxylic acids is 2. The third kappa shape index (κ3) is 3.99. The molecule has 1 aromatic carbocycles. The summed E-state index contributed by atoms with van der Waals surface area (Å²) in [5.41, 5.74) is 4.51. The number of rotatable bonds is 3. The van der Waals surface area contributed by atoms with Crippen LogP contribution in [0, 0.1) is 11.8 Å². The molecule has 0 bridgehead atoms. The number of piperidine rings is 1. The molecule has 2 aliphatic heterocycles. The number of H-pyrrole nitrogens is 1. The maximum atomic E-state index is 12.6. The van der Waals surface area contributed by atoms with Crippen LogP contribution in [0.25, 0.3) is 22.8 Å². The molecule has 0 unspecified atom stereocenters. The SMILES string of the molecule is CC#CC(=O)Nc1cccc(-c2nccc(-c3cc4c([nH]3)C3(CCNCC3)CNC4=O)n2)c1. The Labute approximate surface area is 191 Å². The Morgan fingerprint density at radius 1 is 1.18 bits per heavy atom. The Balaban J connectivity index is 1.48. The minimum absolute atomic E-state index is 0.0513. The molecule has 33 heavy (non-hydrogen) atoms. The van der Waals surface area contributed by atoms with Crippen molar-refractivity contribution in [2.24, 2.45) is 0 Å². The number of fused-ring (bicyclic) bond motifs is 2. The van der Waals surface area contributed by atoms with E-state index in [1.165, 1.54) is 0 Å². The summed E-state index contributed by atoms with van der Waals surface area (Å²) in [6, 6.07) is 11.0.